The number of hydrogen-bond acceptors (Lipinski definition) is 5. The second-order valence-electron chi connectivity index (χ2n) is 5.48. The molecule has 10 heteroatoms. The summed E-state index contributed by atoms with van der Waals surface area (Å²) < 4.78 is 28.4. The van der Waals surface area contributed by atoms with Crippen LogP contribution in [0.4, 0.5) is 19.3 Å². The van der Waals surface area contributed by atoms with Gasteiger partial charge in [0, 0.05) is 18.5 Å². The maximum Gasteiger partial charge on any atom is 0.319 e. The summed E-state index contributed by atoms with van der Waals surface area (Å²) in [7, 11) is 0. The van der Waals surface area contributed by atoms with Crippen LogP contribution in [-0.4, -0.2) is 30.8 Å². The van der Waals surface area contributed by atoms with Crippen LogP contribution in [-0.2, 0) is 0 Å². The third-order valence-electron chi connectivity index (χ3n) is 3.55. The second kappa shape index (κ2) is 7.21. The number of nitrogens with one attached hydrogen (secondary N) is 2. The van der Waals surface area contributed by atoms with Gasteiger partial charge in [-0.3, -0.25) is 0 Å². The largest absolute Gasteiger partial charge is 0.328 e. The van der Waals surface area contributed by atoms with Crippen molar-refractivity contribution in [3.63, 3.8) is 0 Å². The summed E-state index contributed by atoms with van der Waals surface area (Å²) in [5.74, 6) is -0.856. The molecule has 3 aromatic rings. The van der Waals surface area contributed by atoms with Gasteiger partial charge in [-0.25, -0.2) is 28.5 Å². The highest BCUT2D eigenvalue weighted by Gasteiger charge is 2.19. The Hall–Kier alpha value is -3.43. The van der Waals surface area contributed by atoms with Crippen LogP contribution in [0.15, 0.2) is 36.9 Å². The summed E-state index contributed by atoms with van der Waals surface area (Å²) in [6.45, 7) is 3.15. The number of benzene rings is 1. The van der Waals surface area contributed by atoms with E-state index in [1.807, 2.05) is 0 Å². The van der Waals surface area contributed by atoms with Crippen LogP contribution < -0.4 is 10.6 Å². The average molecular weight is 359 g/mol. The van der Waals surface area contributed by atoms with E-state index in [1.54, 1.807) is 25.4 Å². The molecule has 0 spiro atoms. The predicted molar refractivity (Wildman–Crippen MR) is 88.6 cm³/mol. The monoisotopic (exact) mass is 359 g/mol. The summed E-state index contributed by atoms with van der Waals surface area (Å²) in [4.78, 5) is 24.4. The summed E-state index contributed by atoms with van der Waals surface area (Å²) >= 11 is 0. The zero-order valence-corrected chi connectivity index (χ0v) is 13.9. The molecule has 2 heterocycles. The molecular weight excluding hydrogens is 344 g/mol. The first-order valence-corrected chi connectivity index (χ1v) is 7.66. The third-order valence-corrected chi connectivity index (χ3v) is 3.55. The minimum Gasteiger partial charge on any atom is -0.328 e. The first kappa shape index (κ1) is 17.4. The molecule has 0 aliphatic heterocycles. The Bertz CT molecular complexity index is 930. The van der Waals surface area contributed by atoms with Crippen molar-refractivity contribution in [1.29, 1.82) is 0 Å². The SMILES string of the molecule is Cc1cc(NC(=O)NC(C)c2ncnn2-c2ncccn2)c(F)cc1F. The molecule has 1 unspecified atom stereocenters. The highest BCUT2D eigenvalue weighted by Crippen LogP contribution is 2.19. The van der Waals surface area contributed by atoms with Gasteiger partial charge in [0.1, 0.15) is 18.0 Å². The van der Waals surface area contributed by atoms with Crippen molar-refractivity contribution in [2.24, 2.45) is 0 Å². The average Bonchev–Trinajstić information content (AvgIpc) is 3.10. The van der Waals surface area contributed by atoms with E-state index in [2.05, 4.69) is 30.7 Å². The number of urea groups is 1. The Morgan fingerprint density at radius 1 is 1.15 bits per heavy atom. The zero-order chi connectivity index (χ0) is 18.7. The van der Waals surface area contributed by atoms with Gasteiger partial charge in [0.2, 0.25) is 0 Å². The van der Waals surface area contributed by atoms with E-state index >= 15 is 0 Å². The molecule has 0 bridgehead atoms. The highest BCUT2D eigenvalue weighted by molar-refractivity contribution is 5.89. The summed E-state index contributed by atoms with van der Waals surface area (Å²) in [6.07, 6.45) is 4.42. The minimum atomic E-state index is -0.864. The minimum absolute atomic E-state index is 0.124. The Kier molecular flexibility index (Phi) is 4.83. The van der Waals surface area contributed by atoms with Crippen molar-refractivity contribution in [2.75, 3.05) is 5.32 Å². The number of carbonyl (C=O) groups is 1. The van der Waals surface area contributed by atoms with Gasteiger partial charge in [-0.1, -0.05) is 0 Å². The Morgan fingerprint density at radius 2 is 1.88 bits per heavy atom. The lowest BCUT2D eigenvalue weighted by molar-refractivity contribution is 0.248. The molecule has 0 aliphatic carbocycles. The first-order valence-electron chi connectivity index (χ1n) is 7.66. The number of amides is 2. The number of nitrogens with zero attached hydrogens (tertiary/aromatic N) is 5. The van der Waals surface area contributed by atoms with Gasteiger partial charge in [0.15, 0.2) is 5.82 Å². The lowest BCUT2D eigenvalue weighted by Crippen LogP contribution is -2.33. The number of carbonyl (C=O) groups excluding carboxylic acids is 1. The fourth-order valence-corrected chi connectivity index (χ4v) is 2.27. The standard InChI is InChI=1S/C16H15F2N7O/c1-9-6-13(12(18)7-11(9)17)24-16(26)23-10(2)14-21-8-22-25(14)15-19-4-3-5-20-15/h3-8,10H,1-2H3,(H2,23,24,26). The maximum absolute atomic E-state index is 13.8. The van der Waals surface area contributed by atoms with Crippen LogP contribution in [0.25, 0.3) is 5.95 Å². The molecule has 2 N–H and O–H groups in total. The van der Waals surface area contributed by atoms with E-state index in [0.717, 1.165) is 6.07 Å². The Labute approximate surface area is 147 Å². The number of rotatable bonds is 4. The fourth-order valence-electron chi connectivity index (χ4n) is 2.27. The molecule has 0 fully saturated rings. The smallest absolute Gasteiger partial charge is 0.319 e. The van der Waals surface area contributed by atoms with Crippen molar-refractivity contribution in [3.8, 4) is 5.95 Å². The molecule has 2 aromatic heterocycles. The Balaban J connectivity index is 1.73. The maximum atomic E-state index is 13.8. The van der Waals surface area contributed by atoms with E-state index in [-0.39, 0.29) is 11.3 Å². The lowest BCUT2D eigenvalue weighted by atomic mass is 10.2. The number of anilines is 1. The molecule has 0 aliphatic rings. The molecule has 134 valence electrons. The molecule has 0 saturated carbocycles. The first-order chi connectivity index (χ1) is 12.5. The van der Waals surface area contributed by atoms with E-state index in [4.69, 9.17) is 0 Å². The molecule has 3 rings (SSSR count). The second-order valence-corrected chi connectivity index (χ2v) is 5.48. The fraction of sp³-hybridized carbons (Fsp3) is 0.188. The van der Waals surface area contributed by atoms with Gasteiger partial charge < -0.3 is 10.6 Å². The van der Waals surface area contributed by atoms with Gasteiger partial charge in [-0.05, 0) is 31.5 Å². The van der Waals surface area contributed by atoms with Crippen LogP contribution in [0.5, 0.6) is 0 Å². The summed E-state index contributed by atoms with van der Waals surface area (Å²) in [5.41, 5.74) is 0.0946. The molecule has 1 aromatic carbocycles. The van der Waals surface area contributed by atoms with Gasteiger partial charge in [0.25, 0.3) is 5.95 Å². The summed E-state index contributed by atoms with van der Waals surface area (Å²) in [6, 6.07) is 2.35. The van der Waals surface area contributed by atoms with E-state index in [0.29, 0.717) is 11.8 Å². The molecular formula is C16H15F2N7O. The topological polar surface area (TPSA) is 97.6 Å². The van der Waals surface area contributed by atoms with Crippen molar-refractivity contribution in [3.05, 3.63) is 59.9 Å². The van der Waals surface area contributed by atoms with Crippen molar-refractivity contribution < 1.29 is 13.6 Å². The van der Waals surface area contributed by atoms with E-state index in [1.165, 1.54) is 24.0 Å². The quantitative estimate of drug-likeness (QED) is 0.746. The zero-order valence-electron chi connectivity index (χ0n) is 13.9. The molecule has 1 atom stereocenters. The normalized spacial score (nSPS) is 11.8. The van der Waals surface area contributed by atoms with Crippen LogP contribution in [0.3, 0.4) is 0 Å². The van der Waals surface area contributed by atoms with Crippen LogP contribution in [0.1, 0.15) is 24.4 Å². The van der Waals surface area contributed by atoms with Crippen LogP contribution in [0.2, 0.25) is 0 Å². The van der Waals surface area contributed by atoms with Crippen molar-refractivity contribution in [2.45, 2.75) is 19.9 Å². The van der Waals surface area contributed by atoms with E-state index < -0.39 is 23.7 Å². The third kappa shape index (κ3) is 3.63. The molecule has 26 heavy (non-hydrogen) atoms. The van der Waals surface area contributed by atoms with Gasteiger partial charge in [-0.15, -0.1) is 0 Å². The molecule has 8 nitrogen and oxygen atoms in total. The number of halogens is 2. The Morgan fingerprint density at radius 3 is 2.62 bits per heavy atom. The van der Waals surface area contributed by atoms with Crippen molar-refractivity contribution in [1.82, 2.24) is 30.0 Å². The van der Waals surface area contributed by atoms with Crippen molar-refractivity contribution >= 4 is 11.7 Å². The van der Waals surface area contributed by atoms with E-state index in [9.17, 15) is 13.6 Å². The molecule has 2 amide bonds. The van der Waals surface area contributed by atoms with Gasteiger partial charge in [-0.2, -0.15) is 9.78 Å². The number of aryl methyl sites for hydroxylation is 1. The van der Waals surface area contributed by atoms with Gasteiger partial charge >= 0.3 is 6.03 Å². The van der Waals surface area contributed by atoms with Crippen LogP contribution in [0, 0.1) is 18.6 Å². The predicted octanol–water partition coefficient (Wildman–Crippen LogP) is 2.53. The van der Waals surface area contributed by atoms with Crippen LogP contribution >= 0.6 is 0 Å². The number of aromatic nitrogens is 5. The molecule has 0 saturated heterocycles. The lowest BCUT2D eigenvalue weighted by Gasteiger charge is -2.15. The number of hydrogen-bond donors (Lipinski definition) is 2. The summed E-state index contributed by atoms with van der Waals surface area (Å²) in [5, 5.41) is 9.00. The highest BCUT2D eigenvalue weighted by atomic mass is 19.1. The van der Waals surface area contributed by atoms with Gasteiger partial charge in [0.05, 0.1) is 11.7 Å². The molecule has 0 radical (unpaired) electrons.